The van der Waals surface area contributed by atoms with E-state index in [0.717, 1.165) is 43.7 Å². The van der Waals surface area contributed by atoms with Gasteiger partial charge in [-0.25, -0.2) is 0 Å². The summed E-state index contributed by atoms with van der Waals surface area (Å²) in [6.07, 6.45) is 4.06. The van der Waals surface area contributed by atoms with Crippen LogP contribution in [-0.2, 0) is 6.54 Å². The quantitative estimate of drug-likeness (QED) is 0.890. The fourth-order valence-corrected chi connectivity index (χ4v) is 2.84. The Morgan fingerprint density at radius 1 is 1.38 bits per heavy atom. The third kappa shape index (κ3) is 3.55. The number of anilines is 1. The molecule has 2 aliphatic rings. The van der Waals surface area contributed by atoms with Crippen molar-refractivity contribution in [1.29, 1.82) is 5.26 Å². The van der Waals surface area contributed by atoms with Crippen LogP contribution < -0.4 is 10.2 Å². The fourth-order valence-electron chi connectivity index (χ4n) is 2.84. The largest absolute Gasteiger partial charge is 0.390 e. The van der Waals surface area contributed by atoms with Crippen molar-refractivity contribution in [3.63, 3.8) is 0 Å². The van der Waals surface area contributed by atoms with Gasteiger partial charge in [0.15, 0.2) is 0 Å². The second-order valence-corrected chi connectivity index (χ2v) is 6.60. The van der Waals surface area contributed by atoms with Crippen molar-refractivity contribution in [2.75, 3.05) is 18.0 Å². The molecule has 1 heterocycles. The first-order valence-electron chi connectivity index (χ1n) is 7.81. The van der Waals surface area contributed by atoms with Gasteiger partial charge in [-0.05, 0) is 50.3 Å². The number of nitriles is 1. The molecule has 3 rings (SSSR count). The number of nitrogens with one attached hydrogen (secondary N) is 1. The highest BCUT2D eigenvalue weighted by Crippen LogP contribution is 2.29. The van der Waals surface area contributed by atoms with Crippen LogP contribution in [0.5, 0.6) is 0 Å². The first kappa shape index (κ1) is 14.4. The lowest BCUT2D eigenvalue weighted by Crippen LogP contribution is -2.42. The Hall–Kier alpha value is -1.57. The average molecular weight is 285 g/mol. The van der Waals surface area contributed by atoms with Gasteiger partial charge in [0.05, 0.1) is 16.9 Å². The van der Waals surface area contributed by atoms with E-state index in [9.17, 15) is 10.4 Å². The summed E-state index contributed by atoms with van der Waals surface area (Å²) < 4.78 is 0. The van der Waals surface area contributed by atoms with E-state index in [2.05, 4.69) is 28.4 Å². The van der Waals surface area contributed by atoms with Crippen molar-refractivity contribution in [2.24, 2.45) is 0 Å². The minimum absolute atomic E-state index is 0.558. The predicted molar refractivity (Wildman–Crippen MR) is 83.1 cm³/mol. The fraction of sp³-hybridized carbons (Fsp3) is 0.588. The van der Waals surface area contributed by atoms with Crippen LogP contribution in [0.1, 0.15) is 43.7 Å². The molecule has 0 unspecified atom stereocenters. The van der Waals surface area contributed by atoms with E-state index >= 15 is 0 Å². The molecule has 0 aromatic heterocycles. The van der Waals surface area contributed by atoms with Crippen LogP contribution >= 0.6 is 0 Å². The lowest BCUT2D eigenvalue weighted by atomic mass is 9.93. The normalized spacial score (nSPS) is 21.1. The molecule has 0 amide bonds. The molecule has 0 bridgehead atoms. The summed E-state index contributed by atoms with van der Waals surface area (Å²) in [5.41, 5.74) is 2.36. The van der Waals surface area contributed by atoms with Gasteiger partial charge in [-0.15, -0.1) is 0 Å². The Bertz CT molecular complexity index is 548. The predicted octanol–water partition coefficient (Wildman–Crippen LogP) is 2.16. The zero-order chi connectivity index (χ0) is 14.9. The average Bonchev–Trinajstić information content (AvgIpc) is 3.29. The Labute approximate surface area is 126 Å². The van der Waals surface area contributed by atoms with Crippen LogP contribution in [0.4, 0.5) is 5.69 Å². The Balaban J connectivity index is 1.71. The monoisotopic (exact) mass is 285 g/mol. The van der Waals surface area contributed by atoms with Crippen molar-refractivity contribution in [2.45, 2.75) is 50.8 Å². The zero-order valence-electron chi connectivity index (χ0n) is 12.6. The summed E-state index contributed by atoms with van der Waals surface area (Å²) in [5.74, 6) is 0. The number of hydrogen-bond acceptors (Lipinski definition) is 4. The Kier molecular flexibility index (Phi) is 3.88. The highest BCUT2D eigenvalue weighted by Gasteiger charge is 2.28. The summed E-state index contributed by atoms with van der Waals surface area (Å²) in [6.45, 7) is 4.35. The second-order valence-electron chi connectivity index (χ2n) is 6.60. The molecule has 0 atom stereocenters. The summed E-state index contributed by atoms with van der Waals surface area (Å²) in [7, 11) is 0. The van der Waals surface area contributed by atoms with Gasteiger partial charge in [-0.1, -0.05) is 6.07 Å². The van der Waals surface area contributed by atoms with Crippen LogP contribution in [0, 0.1) is 11.3 Å². The number of rotatable bonds is 4. The van der Waals surface area contributed by atoms with Crippen LogP contribution in [0.25, 0.3) is 0 Å². The first-order valence-corrected chi connectivity index (χ1v) is 7.81. The number of hydrogen-bond donors (Lipinski definition) is 2. The summed E-state index contributed by atoms with van der Waals surface area (Å²) >= 11 is 0. The summed E-state index contributed by atoms with van der Waals surface area (Å²) in [5, 5.41) is 22.9. The number of piperidine rings is 1. The number of benzene rings is 1. The highest BCUT2D eigenvalue weighted by atomic mass is 16.3. The van der Waals surface area contributed by atoms with Crippen molar-refractivity contribution >= 4 is 5.69 Å². The lowest BCUT2D eigenvalue weighted by molar-refractivity contribution is 0.0351. The molecular formula is C17H23N3O. The molecular weight excluding hydrogens is 262 g/mol. The Morgan fingerprint density at radius 2 is 2.10 bits per heavy atom. The smallest absolute Gasteiger partial charge is 0.101 e. The SMILES string of the molecule is CC1(O)CCN(c2ccc(CNC3CC3)cc2C#N)CC1. The zero-order valence-corrected chi connectivity index (χ0v) is 12.6. The first-order chi connectivity index (χ1) is 10.1. The van der Waals surface area contributed by atoms with Gasteiger partial charge in [0, 0.05) is 25.7 Å². The molecule has 2 N–H and O–H groups in total. The number of nitrogens with zero attached hydrogens (tertiary/aromatic N) is 2. The van der Waals surface area contributed by atoms with Crippen LogP contribution in [0.3, 0.4) is 0 Å². The molecule has 0 radical (unpaired) electrons. The molecule has 1 aliphatic heterocycles. The van der Waals surface area contributed by atoms with Crippen LogP contribution in [-0.4, -0.2) is 29.8 Å². The molecule has 0 spiro atoms. The third-order valence-corrected chi connectivity index (χ3v) is 4.53. The van der Waals surface area contributed by atoms with Gasteiger partial charge in [0.2, 0.25) is 0 Å². The van der Waals surface area contributed by atoms with Crippen molar-refractivity contribution in [3.05, 3.63) is 29.3 Å². The molecule has 112 valence electrons. The van der Waals surface area contributed by atoms with E-state index in [-0.39, 0.29) is 0 Å². The maximum Gasteiger partial charge on any atom is 0.101 e. The van der Waals surface area contributed by atoms with Gasteiger partial charge in [-0.2, -0.15) is 5.26 Å². The lowest BCUT2D eigenvalue weighted by Gasteiger charge is -2.37. The maximum atomic E-state index is 10.0. The van der Waals surface area contributed by atoms with E-state index in [4.69, 9.17) is 0 Å². The summed E-state index contributed by atoms with van der Waals surface area (Å²) in [4.78, 5) is 2.22. The Morgan fingerprint density at radius 3 is 2.71 bits per heavy atom. The molecule has 1 aliphatic carbocycles. The molecule has 1 aromatic rings. The van der Waals surface area contributed by atoms with Crippen molar-refractivity contribution < 1.29 is 5.11 Å². The van der Waals surface area contributed by atoms with E-state index in [0.29, 0.717) is 6.04 Å². The van der Waals surface area contributed by atoms with Gasteiger partial charge in [0.1, 0.15) is 6.07 Å². The topological polar surface area (TPSA) is 59.3 Å². The van der Waals surface area contributed by atoms with E-state index < -0.39 is 5.60 Å². The molecule has 1 aromatic carbocycles. The molecule has 21 heavy (non-hydrogen) atoms. The van der Waals surface area contributed by atoms with Gasteiger partial charge in [-0.3, -0.25) is 0 Å². The minimum atomic E-state index is -0.558. The minimum Gasteiger partial charge on any atom is -0.390 e. The molecule has 2 fully saturated rings. The van der Waals surface area contributed by atoms with Crippen molar-refractivity contribution in [1.82, 2.24) is 5.32 Å². The van der Waals surface area contributed by atoms with E-state index in [1.165, 1.54) is 18.4 Å². The molecule has 4 heteroatoms. The van der Waals surface area contributed by atoms with Gasteiger partial charge >= 0.3 is 0 Å². The third-order valence-electron chi connectivity index (χ3n) is 4.53. The van der Waals surface area contributed by atoms with Gasteiger partial charge < -0.3 is 15.3 Å². The highest BCUT2D eigenvalue weighted by molar-refractivity contribution is 5.60. The molecule has 1 saturated heterocycles. The standard InChI is InChI=1S/C17H23N3O/c1-17(21)6-8-20(9-7-17)16-5-2-13(10-14(16)11-18)12-19-15-3-4-15/h2,5,10,15,19,21H,3-4,6-9,12H2,1H3. The molecule has 4 nitrogen and oxygen atoms in total. The van der Waals surface area contributed by atoms with Crippen LogP contribution in [0.2, 0.25) is 0 Å². The van der Waals surface area contributed by atoms with Crippen LogP contribution in [0.15, 0.2) is 18.2 Å². The summed E-state index contributed by atoms with van der Waals surface area (Å²) in [6, 6.07) is 9.17. The van der Waals surface area contributed by atoms with E-state index in [1.54, 1.807) is 0 Å². The molecule has 1 saturated carbocycles. The maximum absolute atomic E-state index is 10.0. The van der Waals surface area contributed by atoms with Crippen molar-refractivity contribution in [3.8, 4) is 6.07 Å². The number of aliphatic hydroxyl groups is 1. The van der Waals surface area contributed by atoms with E-state index in [1.807, 2.05) is 13.0 Å². The second kappa shape index (κ2) is 5.67. The van der Waals surface area contributed by atoms with Gasteiger partial charge in [0.25, 0.3) is 0 Å².